The summed E-state index contributed by atoms with van der Waals surface area (Å²) in [5.74, 6) is 0.525. The molecule has 5 nitrogen and oxygen atoms in total. The summed E-state index contributed by atoms with van der Waals surface area (Å²) < 4.78 is 38.7. The first kappa shape index (κ1) is 16.1. The van der Waals surface area contributed by atoms with Crippen LogP contribution in [0.4, 0.5) is 24.8 Å². The summed E-state index contributed by atoms with van der Waals surface area (Å²) in [5, 5.41) is 19.4. The highest BCUT2D eigenvalue weighted by molar-refractivity contribution is 6.31. The Kier molecular flexibility index (Phi) is 4.06. The monoisotopic (exact) mass is 354 g/mol. The largest absolute Gasteiger partial charge is 0.508 e. The van der Waals surface area contributed by atoms with E-state index in [0.29, 0.717) is 5.69 Å². The van der Waals surface area contributed by atoms with Crippen molar-refractivity contribution < 1.29 is 18.3 Å². The number of hydrogen-bond acceptors (Lipinski definition) is 4. The van der Waals surface area contributed by atoms with Crippen molar-refractivity contribution in [3.05, 3.63) is 53.1 Å². The van der Waals surface area contributed by atoms with E-state index in [-0.39, 0.29) is 28.1 Å². The van der Waals surface area contributed by atoms with Gasteiger partial charge < -0.3 is 15.4 Å². The first-order chi connectivity index (χ1) is 11.3. The normalized spacial score (nSPS) is 11.5. The topological polar surface area (TPSA) is 73.8 Å². The molecule has 24 heavy (non-hydrogen) atoms. The minimum absolute atomic E-state index is 0.111. The molecule has 3 rings (SSSR count). The Morgan fingerprint density at radius 3 is 2.42 bits per heavy atom. The van der Waals surface area contributed by atoms with E-state index in [4.69, 9.17) is 11.6 Å². The Labute approximate surface area is 139 Å². The van der Waals surface area contributed by atoms with Gasteiger partial charge in [0.2, 0.25) is 5.95 Å². The zero-order valence-corrected chi connectivity index (χ0v) is 12.7. The third-order valence-electron chi connectivity index (χ3n) is 3.16. The van der Waals surface area contributed by atoms with Crippen molar-refractivity contribution in [3.63, 3.8) is 0 Å². The van der Waals surface area contributed by atoms with Gasteiger partial charge in [-0.15, -0.1) is 10.2 Å². The van der Waals surface area contributed by atoms with Gasteiger partial charge in [0, 0.05) is 11.3 Å². The first-order valence-corrected chi connectivity index (χ1v) is 7.06. The number of nitrogens with one attached hydrogen (secondary N) is 2. The van der Waals surface area contributed by atoms with Gasteiger partial charge in [-0.3, -0.25) is 0 Å². The first-order valence-electron chi connectivity index (χ1n) is 6.69. The number of anilines is 2. The Bertz CT molecular complexity index is 862. The van der Waals surface area contributed by atoms with Crippen molar-refractivity contribution in [2.24, 2.45) is 0 Å². The molecule has 0 aliphatic heterocycles. The number of alkyl halides is 3. The second kappa shape index (κ2) is 6.04. The van der Waals surface area contributed by atoms with Gasteiger partial charge in [-0.2, -0.15) is 13.2 Å². The Balaban J connectivity index is 1.87. The van der Waals surface area contributed by atoms with Gasteiger partial charge in [0.25, 0.3) is 0 Å². The highest BCUT2D eigenvalue weighted by Crippen LogP contribution is 2.36. The minimum atomic E-state index is -4.56. The molecule has 3 aromatic rings. The number of rotatable bonds is 3. The number of H-pyrrole nitrogens is 1. The fourth-order valence-electron chi connectivity index (χ4n) is 2.02. The summed E-state index contributed by atoms with van der Waals surface area (Å²) in [6.45, 7) is 0. The van der Waals surface area contributed by atoms with Gasteiger partial charge >= 0.3 is 6.18 Å². The van der Waals surface area contributed by atoms with E-state index >= 15 is 0 Å². The van der Waals surface area contributed by atoms with Crippen LogP contribution < -0.4 is 5.32 Å². The molecule has 0 fully saturated rings. The number of nitrogens with zero attached hydrogens (tertiary/aromatic N) is 2. The van der Waals surface area contributed by atoms with Crippen molar-refractivity contribution >= 4 is 23.2 Å². The highest BCUT2D eigenvalue weighted by atomic mass is 35.5. The van der Waals surface area contributed by atoms with E-state index in [1.165, 1.54) is 18.2 Å². The number of phenolic OH excluding ortho intramolecular Hbond substituents is 1. The molecule has 0 spiro atoms. The summed E-state index contributed by atoms with van der Waals surface area (Å²) in [4.78, 5) is 2.78. The van der Waals surface area contributed by atoms with Crippen molar-refractivity contribution in [2.45, 2.75) is 6.18 Å². The quantitative estimate of drug-likeness (QED) is 0.601. The van der Waals surface area contributed by atoms with Crippen LogP contribution in [0.1, 0.15) is 5.56 Å². The van der Waals surface area contributed by atoms with E-state index in [1.807, 2.05) is 0 Å². The molecule has 0 unspecified atom stereocenters. The predicted molar refractivity (Wildman–Crippen MR) is 83.2 cm³/mol. The zero-order valence-electron chi connectivity index (χ0n) is 11.9. The number of phenols is 1. The molecule has 1 aromatic heterocycles. The summed E-state index contributed by atoms with van der Waals surface area (Å²) in [6, 6.07) is 9.68. The fraction of sp³-hybridized carbons (Fsp3) is 0.0667. The third kappa shape index (κ3) is 3.43. The Morgan fingerprint density at radius 1 is 1.04 bits per heavy atom. The van der Waals surface area contributed by atoms with Gasteiger partial charge in [0.05, 0.1) is 10.6 Å². The summed E-state index contributed by atoms with van der Waals surface area (Å²) in [7, 11) is 0. The van der Waals surface area contributed by atoms with E-state index in [9.17, 15) is 18.3 Å². The van der Waals surface area contributed by atoms with Crippen LogP contribution in [0.3, 0.4) is 0 Å². The average Bonchev–Trinajstić information content (AvgIpc) is 2.97. The molecule has 0 radical (unpaired) electrons. The van der Waals surface area contributed by atoms with Crippen LogP contribution in [0.15, 0.2) is 42.5 Å². The molecule has 3 N–H and O–H groups in total. The van der Waals surface area contributed by atoms with Crippen molar-refractivity contribution in [1.29, 1.82) is 0 Å². The van der Waals surface area contributed by atoms with Gasteiger partial charge in [-0.1, -0.05) is 11.6 Å². The van der Waals surface area contributed by atoms with Gasteiger partial charge in [0.1, 0.15) is 5.75 Å². The lowest BCUT2D eigenvalue weighted by Gasteiger charge is -2.09. The molecule has 2 aromatic carbocycles. The van der Waals surface area contributed by atoms with Gasteiger partial charge in [0.15, 0.2) is 5.82 Å². The van der Waals surface area contributed by atoms with E-state index < -0.39 is 11.7 Å². The van der Waals surface area contributed by atoms with Crippen molar-refractivity contribution in [2.75, 3.05) is 5.32 Å². The maximum Gasteiger partial charge on any atom is 0.417 e. The standard InChI is InChI=1S/C15H10ClF3N4O/c16-12-6-1-8(7-11(12)15(17,18)19)13-21-14(23-22-13)20-9-2-4-10(24)5-3-9/h1-7,24H,(H2,20,21,22,23). The average molecular weight is 355 g/mol. The summed E-state index contributed by atoms with van der Waals surface area (Å²) in [6.07, 6.45) is -4.56. The number of benzene rings is 2. The maximum atomic E-state index is 12.9. The van der Waals surface area contributed by atoms with Crippen LogP contribution in [0.2, 0.25) is 5.02 Å². The summed E-state index contributed by atoms with van der Waals surface area (Å²) >= 11 is 5.59. The second-order valence-corrected chi connectivity index (χ2v) is 5.29. The zero-order chi connectivity index (χ0) is 17.3. The van der Waals surface area contributed by atoms with Crippen LogP contribution in [0, 0.1) is 0 Å². The molecule has 0 atom stereocenters. The molecule has 0 saturated heterocycles. The highest BCUT2D eigenvalue weighted by Gasteiger charge is 2.33. The lowest BCUT2D eigenvalue weighted by atomic mass is 10.1. The SMILES string of the molecule is Oc1ccc(Nc2nnc(-c3ccc(Cl)c(C(F)(F)F)c3)[nH]2)cc1. The number of aromatic nitrogens is 3. The molecule has 0 amide bonds. The predicted octanol–water partition coefficient (Wildman–Crippen LogP) is 4.59. The van der Waals surface area contributed by atoms with Crippen LogP contribution >= 0.6 is 11.6 Å². The van der Waals surface area contributed by atoms with Crippen LogP contribution in [-0.2, 0) is 6.18 Å². The van der Waals surface area contributed by atoms with E-state index in [1.54, 1.807) is 12.1 Å². The van der Waals surface area contributed by atoms with Crippen LogP contribution in [0.25, 0.3) is 11.4 Å². The number of hydrogen-bond donors (Lipinski definition) is 3. The molecule has 0 saturated carbocycles. The van der Waals surface area contributed by atoms with E-state index in [2.05, 4.69) is 20.5 Å². The van der Waals surface area contributed by atoms with Gasteiger partial charge in [-0.25, -0.2) is 0 Å². The lowest BCUT2D eigenvalue weighted by Crippen LogP contribution is -2.06. The number of halogens is 4. The minimum Gasteiger partial charge on any atom is -0.508 e. The molecule has 0 aliphatic carbocycles. The van der Waals surface area contributed by atoms with Crippen LogP contribution in [-0.4, -0.2) is 20.3 Å². The molecular formula is C15H10ClF3N4O. The smallest absolute Gasteiger partial charge is 0.417 e. The molecular weight excluding hydrogens is 345 g/mol. The lowest BCUT2D eigenvalue weighted by molar-refractivity contribution is -0.137. The number of aromatic hydroxyl groups is 1. The van der Waals surface area contributed by atoms with Crippen molar-refractivity contribution in [3.8, 4) is 17.1 Å². The third-order valence-corrected chi connectivity index (χ3v) is 3.49. The fourth-order valence-corrected chi connectivity index (χ4v) is 2.24. The molecule has 0 aliphatic rings. The van der Waals surface area contributed by atoms with Crippen molar-refractivity contribution in [1.82, 2.24) is 15.2 Å². The molecule has 1 heterocycles. The molecule has 124 valence electrons. The van der Waals surface area contributed by atoms with Crippen LogP contribution in [0.5, 0.6) is 5.75 Å². The summed E-state index contributed by atoms with van der Waals surface area (Å²) in [5.41, 5.74) is -0.105. The second-order valence-electron chi connectivity index (χ2n) is 4.89. The molecule has 9 heteroatoms. The molecule has 0 bridgehead atoms. The number of aromatic amines is 1. The Morgan fingerprint density at radius 2 is 1.75 bits per heavy atom. The van der Waals surface area contributed by atoms with E-state index in [0.717, 1.165) is 12.1 Å². The van der Waals surface area contributed by atoms with Gasteiger partial charge in [-0.05, 0) is 42.5 Å². The Hall–Kier alpha value is -2.74. The maximum absolute atomic E-state index is 12.9.